The minimum absolute atomic E-state index is 0.559. The van der Waals surface area contributed by atoms with E-state index in [4.69, 9.17) is 11.6 Å². The molecule has 20 heavy (non-hydrogen) atoms. The van der Waals surface area contributed by atoms with Crippen molar-refractivity contribution in [2.75, 3.05) is 11.9 Å². The number of rotatable bonds is 2. The van der Waals surface area contributed by atoms with Crippen LogP contribution < -0.4 is 10.6 Å². The predicted molar refractivity (Wildman–Crippen MR) is 81.3 cm³/mol. The van der Waals surface area contributed by atoms with Crippen molar-refractivity contribution < 1.29 is 0 Å². The Labute approximate surface area is 123 Å². The van der Waals surface area contributed by atoms with E-state index >= 15 is 0 Å². The molecule has 3 nitrogen and oxygen atoms in total. The fraction of sp³-hybridized carbons (Fsp3) is 0.188. The van der Waals surface area contributed by atoms with Crippen molar-refractivity contribution in [2.45, 2.75) is 13.0 Å². The summed E-state index contributed by atoms with van der Waals surface area (Å²) < 4.78 is 0. The summed E-state index contributed by atoms with van der Waals surface area (Å²) in [5, 5.41) is 16.5. The van der Waals surface area contributed by atoms with E-state index in [1.54, 1.807) is 12.1 Å². The molecular formula is C16H14ClN3. The summed E-state index contributed by atoms with van der Waals surface area (Å²) >= 11 is 5.93. The fourth-order valence-electron chi connectivity index (χ4n) is 2.51. The monoisotopic (exact) mass is 283 g/mol. The van der Waals surface area contributed by atoms with Crippen LogP contribution in [0.2, 0.25) is 5.02 Å². The van der Waals surface area contributed by atoms with Gasteiger partial charge in [-0.25, -0.2) is 0 Å². The van der Waals surface area contributed by atoms with Gasteiger partial charge < -0.3 is 10.6 Å². The van der Waals surface area contributed by atoms with Gasteiger partial charge in [0.2, 0.25) is 0 Å². The number of nitrogens with one attached hydrogen (secondary N) is 2. The Balaban J connectivity index is 1.98. The minimum Gasteiger partial charge on any atom is -0.354 e. The topological polar surface area (TPSA) is 47.9 Å². The number of anilines is 2. The van der Waals surface area contributed by atoms with Gasteiger partial charge in [0.15, 0.2) is 0 Å². The average Bonchev–Trinajstić information content (AvgIpc) is 2.49. The number of fused-ring (bicyclic) bond motifs is 1. The summed E-state index contributed by atoms with van der Waals surface area (Å²) in [4.78, 5) is 0. The fourth-order valence-corrected chi connectivity index (χ4v) is 2.68. The van der Waals surface area contributed by atoms with Crippen molar-refractivity contribution in [3.8, 4) is 6.07 Å². The molecule has 0 fully saturated rings. The van der Waals surface area contributed by atoms with Crippen molar-refractivity contribution in [3.05, 3.63) is 58.1 Å². The zero-order chi connectivity index (χ0) is 13.9. The number of hydrogen-bond donors (Lipinski definition) is 2. The molecule has 0 spiro atoms. The Morgan fingerprint density at radius 2 is 2.10 bits per heavy atom. The molecule has 1 aliphatic rings. The van der Waals surface area contributed by atoms with Gasteiger partial charge in [0.1, 0.15) is 6.07 Å². The predicted octanol–water partition coefficient (Wildman–Crippen LogP) is 3.60. The van der Waals surface area contributed by atoms with Gasteiger partial charge in [-0.05, 0) is 48.4 Å². The van der Waals surface area contributed by atoms with Crippen LogP contribution >= 0.6 is 11.6 Å². The van der Waals surface area contributed by atoms with Gasteiger partial charge in [-0.15, -0.1) is 0 Å². The highest BCUT2D eigenvalue weighted by Gasteiger charge is 2.13. The molecule has 0 saturated heterocycles. The van der Waals surface area contributed by atoms with Gasteiger partial charge in [-0.1, -0.05) is 23.7 Å². The van der Waals surface area contributed by atoms with Crippen molar-refractivity contribution >= 4 is 23.0 Å². The first-order valence-electron chi connectivity index (χ1n) is 6.56. The van der Waals surface area contributed by atoms with Crippen molar-refractivity contribution in [2.24, 2.45) is 0 Å². The van der Waals surface area contributed by atoms with Crippen LogP contribution in [0, 0.1) is 11.3 Å². The molecule has 0 bridgehead atoms. The first-order valence-corrected chi connectivity index (χ1v) is 6.94. The van der Waals surface area contributed by atoms with E-state index in [0.29, 0.717) is 10.6 Å². The quantitative estimate of drug-likeness (QED) is 0.885. The van der Waals surface area contributed by atoms with Crippen LogP contribution in [0.1, 0.15) is 16.7 Å². The van der Waals surface area contributed by atoms with E-state index in [2.05, 4.69) is 28.8 Å². The van der Waals surface area contributed by atoms with E-state index in [1.165, 1.54) is 11.1 Å². The molecule has 2 N–H and O–H groups in total. The minimum atomic E-state index is 0.559. The highest BCUT2D eigenvalue weighted by Crippen LogP contribution is 2.28. The summed E-state index contributed by atoms with van der Waals surface area (Å²) in [6.07, 6.45) is 0.994. The Morgan fingerprint density at radius 1 is 1.20 bits per heavy atom. The molecule has 0 saturated carbocycles. The normalized spacial score (nSPS) is 13.4. The highest BCUT2D eigenvalue weighted by molar-refractivity contribution is 6.30. The molecule has 1 heterocycles. The first-order chi connectivity index (χ1) is 9.78. The zero-order valence-corrected chi connectivity index (χ0v) is 11.7. The molecule has 0 amide bonds. The second kappa shape index (κ2) is 5.54. The third kappa shape index (κ3) is 2.49. The van der Waals surface area contributed by atoms with Crippen LogP contribution in [-0.2, 0) is 13.0 Å². The molecule has 0 aromatic heterocycles. The second-order valence-electron chi connectivity index (χ2n) is 4.80. The molecule has 2 aromatic rings. The lowest BCUT2D eigenvalue weighted by Gasteiger charge is -2.21. The standard InChI is InChI=1S/C16H14ClN3/c17-13-4-5-15(12(8-13)9-18)20-16-3-1-2-11-10-19-7-6-14(11)16/h1-5,8,19-20H,6-7,10H2. The highest BCUT2D eigenvalue weighted by atomic mass is 35.5. The number of nitriles is 1. The van der Waals surface area contributed by atoms with Crippen molar-refractivity contribution in [1.29, 1.82) is 5.26 Å². The molecule has 0 aliphatic carbocycles. The van der Waals surface area contributed by atoms with Crippen molar-refractivity contribution in [3.63, 3.8) is 0 Å². The molecule has 1 aliphatic heterocycles. The molecule has 3 rings (SSSR count). The summed E-state index contributed by atoms with van der Waals surface area (Å²) in [5.74, 6) is 0. The maximum absolute atomic E-state index is 9.20. The molecule has 0 atom stereocenters. The summed E-state index contributed by atoms with van der Waals surface area (Å²) in [5.41, 5.74) is 5.06. The largest absolute Gasteiger partial charge is 0.354 e. The van der Waals surface area contributed by atoms with Crippen LogP contribution in [0.3, 0.4) is 0 Å². The van der Waals surface area contributed by atoms with Gasteiger partial charge in [0.25, 0.3) is 0 Å². The Bertz CT molecular complexity index is 689. The molecular weight excluding hydrogens is 270 g/mol. The number of halogens is 1. The summed E-state index contributed by atoms with van der Waals surface area (Å²) in [6.45, 7) is 1.88. The van der Waals surface area contributed by atoms with E-state index in [9.17, 15) is 5.26 Å². The third-order valence-corrected chi connectivity index (χ3v) is 3.75. The van der Waals surface area contributed by atoms with Crippen LogP contribution in [-0.4, -0.2) is 6.54 Å². The SMILES string of the molecule is N#Cc1cc(Cl)ccc1Nc1cccc2c1CCNC2. The van der Waals surface area contributed by atoms with Crippen LogP contribution in [0.25, 0.3) is 0 Å². The molecule has 2 aromatic carbocycles. The average molecular weight is 284 g/mol. The maximum atomic E-state index is 9.20. The smallest absolute Gasteiger partial charge is 0.101 e. The van der Waals surface area contributed by atoms with Gasteiger partial charge >= 0.3 is 0 Å². The number of benzene rings is 2. The van der Waals surface area contributed by atoms with E-state index in [0.717, 1.165) is 30.9 Å². The van der Waals surface area contributed by atoms with Gasteiger partial charge in [-0.3, -0.25) is 0 Å². The lowest BCUT2D eigenvalue weighted by molar-refractivity contribution is 0.645. The van der Waals surface area contributed by atoms with Crippen LogP contribution in [0.15, 0.2) is 36.4 Å². The Morgan fingerprint density at radius 3 is 2.95 bits per heavy atom. The van der Waals surface area contributed by atoms with Gasteiger partial charge in [0.05, 0.1) is 11.3 Å². The lowest BCUT2D eigenvalue weighted by atomic mass is 9.99. The zero-order valence-electron chi connectivity index (χ0n) is 10.9. The van der Waals surface area contributed by atoms with E-state index in [-0.39, 0.29) is 0 Å². The van der Waals surface area contributed by atoms with Gasteiger partial charge in [-0.2, -0.15) is 5.26 Å². The molecule has 4 heteroatoms. The third-order valence-electron chi connectivity index (χ3n) is 3.51. The first kappa shape index (κ1) is 13.0. The number of hydrogen-bond acceptors (Lipinski definition) is 3. The molecule has 0 radical (unpaired) electrons. The summed E-state index contributed by atoms with van der Waals surface area (Å²) in [7, 11) is 0. The molecule has 100 valence electrons. The molecule has 0 unspecified atom stereocenters. The van der Waals surface area contributed by atoms with Crippen LogP contribution in [0.4, 0.5) is 11.4 Å². The maximum Gasteiger partial charge on any atom is 0.101 e. The number of nitrogens with zero attached hydrogens (tertiary/aromatic N) is 1. The summed E-state index contributed by atoms with van der Waals surface area (Å²) in [6, 6.07) is 13.7. The van der Waals surface area contributed by atoms with Gasteiger partial charge in [0, 0.05) is 17.3 Å². The van der Waals surface area contributed by atoms with E-state index < -0.39 is 0 Å². The Hall–Kier alpha value is -2.02. The van der Waals surface area contributed by atoms with Crippen LogP contribution in [0.5, 0.6) is 0 Å². The van der Waals surface area contributed by atoms with E-state index in [1.807, 2.05) is 12.1 Å². The van der Waals surface area contributed by atoms with Crippen molar-refractivity contribution in [1.82, 2.24) is 5.32 Å². The second-order valence-corrected chi connectivity index (χ2v) is 5.23. The lowest BCUT2D eigenvalue weighted by Crippen LogP contribution is -2.24. The Kier molecular flexibility index (Phi) is 3.60.